The van der Waals surface area contributed by atoms with E-state index in [0.717, 1.165) is 22.6 Å². The zero-order chi connectivity index (χ0) is 17.6. The lowest BCUT2D eigenvalue weighted by atomic mass is 10.1. The highest BCUT2D eigenvalue weighted by Crippen LogP contribution is 2.26. The molecular weight excluding hydrogens is 356 g/mol. The van der Waals surface area contributed by atoms with Crippen molar-refractivity contribution in [2.45, 2.75) is 13.3 Å². The molecule has 1 N–H and O–H groups in total. The van der Waals surface area contributed by atoms with Crippen molar-refractivity contribution in [3.8, 4) is 17.0 Å². The van der Waals surface area contributed by atoms with Gasteiger partial charge < -0.3 is 10.1 Å². The number of nitrogens with one attached hydrogen (secondary N) is 1. The van der Waals surface area contributed by atoms with Crippen molar-refractivity contribution in [3.05, 3.63) is 64.5 Å². The third-order valence-electron chi connectivity index (χ3n) is 3.49. The summed E-state index contributed by atoms with van der Waals surface area (Å²) in [6.07, 6.45) is 0.294. The zero-order valence-corrected chi connectivity index (χ0v) is 15.2. The molecule has 0 unspecified atom stereocenters. The van der Waals surface area contributed by atoms with Crippen molar-refractivity contribution >= 4 is 34.0 Å². The van der Waals surface area contributed by atoms with Gasteiger partial charge >= 0.3 is 0 Å². The molecule has 0 saturated carbocycles. The van der Waals surface area contributed by atoms with Crippen LogP contribution in [0.4, 0.5) is 5.13 Å². The number of halogens is 1. The van der Waals surface area contributed by atoms with Crippen LogP contribution in [0.5, 0.6) is 5.75 Å². The molecule has 2 aromatic carbocycles. The van der Waals surface area contributed by atoms with Gasteiger partial charge in [0.15, 0.2) is 5.13 Å². The standard InChI is InChI=1S/C19H17ClN2O2S/c1-2-24-16-9-3-13(4-10-16)11-18(23)22-19-21-17(12-25-19)14-5-7-15(20)8-6-14/h3-10,12H,2,11H2,1H3,(H,21,22,23). The van der Waals surface area contributed by atoms with Gasteiger partial charge in [-0.1, -0.05) is 35.9 Å². The van der Waals surface area contributed by atoms with Crippen LogP contribution in [0.25, 0.3) is 11.3 Å². The van der Waals surface area contributed by atoms with Gasteiger partial charge in [0.2, 0.25) is 5.91 Å². The largest absolute Gasteiger partial charge is 0.494 e. The summed E-state index contributed by atoms with van der Waals surface area (Å²) in [6, 6.07) is 15.0. The molecule has 0 spiro atoms. The fraction of sp³-hybridized carbons (Fsp3) is 0.158. The van der Waals surface area contributed by atoms with Crippen molar-refractivity contribution in [3.63, 3.8) is 0 Å². The first-order valence-corrected chi connectivity index (χ1v) is 9.13. The van der Waals surface area contributed by atoms with Crippen LogP contribution in [-0.2, 0) is 11.2 Å². The maximum absolute atomic E-state index is 12.2. The van der Waals surface area contributed by atoms with Crippen LogP contribution in [0.3, 0.4) is 0 Å². The average molecular weight is 373 g/mol. The number of hydrogen-bond donors (Lipinski definition) is 1. The molecule has 6 heteroatoms. The summed E-state index contributed by atoms with van der Waals surface area (Å²) in [5, 5.41) is 6.02. The Balaban J connectivity index is 1.60. The van der Waals surface area contributed by atoms with Gasteiger partial charge in [-0.2, -0.15) is 0 Å². The number of carbonyl (C=O) groups excluding carboxylic acids is 1. The normalized spacial score (nSPS) is 10.5. The Kier molecular flexibility index (Phi) is 5.68. The minimum atomic E-state index is -0.0961. The van der Waals surface area contributed by atoms with Crippen LogP contribution in [0.15, 0.2) is 53.9 Å². The summed E-state index contributed by atoms with van der Waals surface area (Å²) in [7, 11) is 0. The molecule has 1 heterocycles. The maximum Gasteiger partial charge on any atom is 0.230 e. The van der Waals surface area contributed by atoms with E-state index in [-0.39, 0.29) is 5.91 Å². The third-order valence-corrected chi connectivity index (χ3v) is 4.50. The first-order chi connectivity index (χ1) is 12.1. The molecule has 0 saturated heterocycles. The number of anilines is 1. The smallest absolute Gasteiger partial charge is 0.230 e. The summed E-state index contributed by atoms with van der Waals surface area (Å²) in [5.41, 5.74) is 2.71. The Morgan fingerprint density at radius 3 is 2.56 bits per heavy atom. The van der Waals surface area contributed by atoms with Crippen LogP contribution < -0.4 is 10.1 Å². The van der Waals surface area contributed by atoms with Crippen LogP contribution in [0.1, 0.15) is 12.5 Å². The number of amides is 1. The molecule has 0 aliphatic carbocycles. The van der Waals surface area contributed by atoms with Crippen molar-refractivity contribution in [1.82, 2.24) is 4.98 Å². The second-order valence-corrected chi connectivity index (χ2v) is 6.64. The SMILES string of the molecule is CCOc1ccc(CC(=O)Nc2nc(-c3ccc(Cl)cc3)cs2)cc1. The van der Waals surface area contributed by atoms with Crippen molar-refractivity contribution in [1.29, 1.82) is 0 Å². The predicted octanol–water partition coefficient (Wildman–Crippen LogP) is 5.04. The fourth-order valence-electron chi connectivity index (χ4n) is 2.30. The van der Waals surface area contributed by atoms with Crippen molar-refractivity contribution < 1.29 is 9.53 Å². The number of aromatic nitrogens is 1. The van der Waals surface area contributed by atoms with E-state index in [4.69, 9.17) is 16.3 Å². The molecule has 128 valence electrons. The summed E-state index contributed by atoms with van der Waals surface area (Å²) in [6.45, 7) is 2.56. The molecule has 3 aromatic rings. The molecule has 1 amide bonds. The monoisotopic (exact) mass is 372 g/mol. The first-order valence-electron chi connectivity index (χ1n) is 7.87. The predicted molar refractivity (Wildman–Crippen MR) is 103 cm³/mol. The third kappa shape index (κ3) is 4.81. The number of nitrogens with zero attached hydrogens (tertiary/aromatic N) is 1. The molecule has 0 bridgehead atoms. The lowest BCUT2D eigenvalue weighted by molar-refractivity contribution is -0.115. The Morgan fingerprint density at radius 2 is 1.88 bits per heavy atom. The van der Waals surface area contributed by atoms with E-state index >= 15 is 0 Å². The van der Waals surface area contributed by atoms with Gasteiger partial charge in [-0.05, 0) is 36.8 Å². The maximum atomic E-state index is 12.2. The highest BCUT2D eigenvalue weighted by molar-refractivity contribution is 7.14. The van der Waals surface area contributed by atoms with Gasteiger partial charge in [0.05, 0.1) is 18.7 Å². The number of benzene rings is 2. The second kappa shape index (κ2) is 8.14. The molecule has 25 heavy (non-hydrogen) atoms. The minimum absolute atomic E-state index is 0.0961. The number of hydrogen-bond acceptors (Lipinski definition) is 4. The summed E-state index contributed by atoms with van der Waals surface area (Å²) in [5.74, 6) is 0.709. The van der Waals surface area contributed by atoms with Crippen LogP contribution in [0.2, 0.25) is 5.02 Å². The topological polar surface area (TPSA) is 51.2 Å². The average Bonchev–Trinajstić information content (AvgIpc) is 3.06. The van der Waals surface area contributed by atoms with Gasteiger partial charge in [-0.3, -0.25) is 4.79 Å². The molecule has 0 radical (unpaired) electrons. The highest BCUT2D eigenvalue weighted by atomic mass is 35.5. The van der Waals surface area contributed by atoms with E-state index in [1.807, 2.05) is 60.8 Å². The van der Waals surface area contributed by atoms with Crippen LogP contribution in [-0.4, -0.2) is 17.5 Å². The van der Waals surface area contributed by atoms with Gasteiger partial charge in [0.25, 0.3) is 0 Å². The molecule has 4 nitrogen and oxygen atoms in total. The Bertz CT molecular complexity index is 845. The minimum Gasteiger partial charge on any atom is -0.494 e. The number of carbonyl (C=O) groups is 1. The van der Waals surface area contributed by atoms with E-state index in [0.29, 0.717) is 23.2 Å². The summed E-state index contributed by atoms with van der Waals surface area (Å²) in [4.78, 5) is 16.6. The van der Waals surface area contributed by atoms with E-state index in [1.165, 1.54) is 11.3 Å². The van der Waals surface area contributed by atoms with Crippen molar-refractivity contribution in [2.24, 2.45) is 0 Å². The molecule has 0 aliphatic heterocycles. The highest BCUT2D eigenvalue weighted by Gasteiger charge is 2.09. The van der Waals surface area contributed by atoms with E-state index in [2.05, 4.69) is 10.3 Å². The lowest BCUT2D eigenvalue weighted by Gasteiger charge is -2.05. The summed E-state index contributed by atoms with van der Waals surface area (Å²) >= 11 is 7.30. The number of thiazole rings is 1. The quantitative estimate of drug-likeness (QED) is 0.659. The van der Waals surface area contributed by atoms with Gasteiger partial charge in [0.1, 0.15) is 5.75 Å². The second-order valence-electron chi connectivity index (χ2n) is 5.35. The molecule has 0 aliphatic rings. The van der Waals surface area contributed by atoms with Crippen LogP contribution in [0, 0.1) is 0 Å². The fourth-order valence-corrected chi connectivity index (χ4v) is 3.17. The van der Waals surface area contributed by atoms with Gasteiger partial charge in [-0.25, -0.2) is 4.98 Å². The number of ether oxygens (including phenoxy) is 1. The number of rotatable bonds is 6. The summed E-state index contributed by atoms with van der Waals surface area (Å²) < 4.78 is 5.40. The van der Waals surface area contributed by atoms with Crippen LogP contribution >= 0.6 is 22.9 Å². The van der Waals surface area contributed by atoms with E-state index < -0.39 is 0 Å². The molecule has 0 fully saturated rings. The molecular formula is C19H17ClN2O2S. The Labute approximate surface area is 155 Å². The van der Waals surface area contributed by atoms with Crippen molar-refractivity contribution in [2.75, 3.05) is 11.9 Å². The molecule has 0 atom stereocenters. The Morgan fingerprint density at radius 1 is 1.16 bits per heavy atom. The first kappa shape index (κ1) is 17.5. The van der Waals surface area contributed by atoms with Gasteiger partial charge in [0, 0.05) is 16.0 Å². The van der Waals surface area contributed by atoms with E-state index in [1.54, 1.807) is 0 Å². The molecule has 3 rings (SSSR count). The van der Waals surface area contributed by atoms with E-state index in [9.17, 15) is 4.79 Å². The Hall–Kier alpha value is -2.37. The van der Waals surface area contributed by atoms with Gasteiger partial charge in [-0.15, -0.1) is 11.3 Å². The zero-order valence-electron chi connectivity index (χ0n) is 13.7. The lowest BCUT2D eigenvalue weighted by Crippen LogP contribution is -2.14. The molecule has 1 aromatic heterocycles.